The average molecular weight is 368 g/mol. The van der Waals surface area contributed by atoms with E-state index in [1.54, 1.807) is 44.2 Å². The molecule has 0 heterocycles. The fourth-order valence-electron chi connectivity index (χ4n) is 2.48. The number of nitrogens with zero attached hydrogens (tertiary/aromatic N) is 2. The molecule has 134 valence electrons. The zero-order chi connectivity index (χ0) is 19.2. The van der Waals surface area contributed by atoms with Gasteiger partial charge in [-0.1, -0.05) is 32.1 Å². The molecule has 0 aliphatic heterocycles. The van der Waals surface area contributed by atoms with E-state index in [4.69, 9.17) is 5.26 Å². The number of hydrogen-bond donors (Lipinski definition) is 0. The number of allylic oxidation sites excluding steroid dienone is 1. The maximum absolute atomic E-state index is 12.4. The summed E-state index contributed by atoms with van der Waals surface area (Å²) in [7, 11) is -3.53. The first kappa shape index (κ1) is 19.6. The fraction of sp³-hybridized carbons (Fsp3) is 0.200. The molecule has 0 atom stereocenters. The predicted octanol–water partition coefficient (Wildman–Crippen LogP) is 3.48. The average Bonchev–Trinajstić information content (AvgIpc) is 2.67. The number of carbonyl (C=O) groups excluding carboxylic acids is 1. The van der Waals surface area contributed by atoms with Crippen LogP contribution in [0.3, 0.4) is 0 Å². The lowest BCUT2D eigenvalue weighted by Gasteiger charge is -2.18. The molecule has 0 amide bonds. The maximum Gasteiger partial charge on any atom is 0.243 e. The molecule has 0 N–H and O–H groups in total. The van der Waals surface area contributed by atoms with Crippen LogP contribution in [0.5, 0.6) is 0 Å². The second-order valence-corrected chi connectivity index (χ2v) is 7.49. The van der Waals surface area contributed by atoms with Gasteiger partial charge in [0, 0.05) is 18.7 Å². The molecule has 0 aliphatic carbocycles. The highest BCUT2D eigenvalue weighted by atomic mass is 32.2. The van der Waals surface area contributed by atoms with Crippen molar-refractivity contribution in [3.05, 3.63) is 71.3 Å². The Balaban J connectivity index is 2.19. The molecule has 0 aliphatic rings. The Bertz CT molecular complexity index is 951. The molecule has 2 aromatic rings. The molecule has 2 rings (SSSR count). The summed E-state index contributed by atoms with van der Waals surface area (Å²) in [6.07, 6.45) is 3.04. The Labute approximate surface area is 154 Å². The van der Waals surface area contributed by atoms with Crippen LogP contribution in [-0.4, -0.2) is 31.6 Å². The molecular formula is C20H20N2O3S. The summed E-state index contributed by atoms with van der Waals surface area (Å²) in [5.41, 5.74) is 1.67. The van der Waals surface area contributed by atoms with Crippen molar-refractivity contribution in [1.29, 1.82) is 5.26 Å². The van der Waals surface area contributed by atoms with E-state index in [9.17, 15) is 13.2 Å². The minimum absolute atomic E-state index is 0.170. The van der Waals surface area contributed by atoms with Crippen LogP contribution < -0.4 is 0 Å². The second kappa shape index (κ2) is 8.56. The summed E-state index contributed by atoms with van der Waals surface area (Å²) >= 11 is 0. The molecule has 0 radical (unpaired) electrons. The van der Waals surface area contributed by atoms with Crippen LogP contribution >= 0.6 is 0 Å². The summed E-state index contributed by atoms with van der Waals surface area (Å²) in [4.78, 5) is 12.4. The van der Waals surface area contributed by atoms with Crippen molar-refractivity contribution >= 4 is 21.9 Å². The van der Waals surface area contributed by atoms with E-state index < -0.39 is 10.0 Å². The van der Waals surface area contributed by atoms with E-state index in [0.29, 0.717) is 24.2 Å². The highest BCUT2D eigenvalue weighted by Gasteiger charge is 2.21. The molecule has 0 fully saturated rings. The lowest BCUT2D eigenvalue weighted by Crippen LogP contribution is -2.30. The Hall–Kier alpha value is -2.75. The van der Waals surface area contributed by atoms with Crippen molar-refractivity contribution in [3.8, 4) is 6.07 Å². The first-order valence-corrected chi connectivity index (χ1v) is 9.69. The van der Waals surface area contributed by atoms with Crippen LogP contribution in [0.1, 0.15) is 35.3 Å². The van der Waals surface area contributed by atoms with E-state index in [1.165, 1.54) is 34.6 Å². The Kier molecular flexibility index (Phi) is 6.45. The van der Waals surface area contributed by atoms with E-state index in [-0.39, 0.29) is 10.7 Å². The van der Waals surface area contributed by atoms with Gasteiger partial charge in [-0.05, 0) is 48.0 Å². The van der Waals surface area contributed by atoms with Gasteiger partial charge in [0.2, 0.25) is 10.0 Å². The number of ketones is 1. The first-order chi connectivity index (χ1) is 12.4. The van der Waals surface area contributed by atoms with Crippen molar-refractivity contribution in [2.75, 3.05) is 13.1 Å². The number of sulfonamides is 1. The minimum atomic E-state index is -3.53. The SMILES string of the molecule is CCN(CC)S(=O)(=O)c1ccc(C(=O)/C=C/c2cccc(C#N)c2)cc1. The lowest BCUT2D eigenvalue weighted by atomic mass is 10.1. The van der Waals surface area contributed by atoms with Crippen LogP contribution in [0.2, 0.25) is 0 Å². The van der Waals surface area contributed by atoms with Gasteiger partial charge < -0.3 is 0 Å². The highest BCUT2D eigenvalue weighted by molar-refractivity contribution is 7.89. The van der Waals surface area contributed by atoms with Crippen molar-refractivity contribution in [2.24, 2.45) is 0 Å². The van der Waals surface area contributed by atoms with Crippen molar-refractivity contribution in [1.82, 2.24) is 4.31 Å². The van der Waals surface area contributed by atoms with Crippen molar-refractivity contribution < 1.29 is 13.2 Å². The molecule has 5 nitrogen and oxygen atoms in total. The van der Waals surface area contributed by atoms with Gasteiger partial charge in [0.05, 0.1) is 16.5 Å². The molecule has 0 unspecified atom stereocenters. The maximum atomic E-state index is 12.4. The standard InChI is InChI=1S/C20H20N2O3S/c1-3-22(4-2)26(24,25)19-11-9-18(10-12-19)20(23)13-8-16-6-5-7-17(14-16)15-21/h5-14H,3-4H2,1-2H3/b13-8+. The topological polar surface area (TPSA) is 78.2 Å². The van der Waals surface area contributed by atoms with Crippen LogP contribution in [0.25, 0.3) is 6.08 Å². The minimum Gasteiger partial charge on any atom is -0.289 e. The number of carbonyl (C=O) groups is 1. The molecule has 0 saturated carbocycles. The van der Waals surface area contributed by atoms with Crippen molar-refractivity contribution in [2.45, 2.75) is 18.7 Å². The molecule has 2 aromatic carbocycles. The third-order valence-electron chi connectivity index (χ3n) is 3.92. The van der Waals surface area contributed by atoms with Crippen LogP contribution in [-0.2, 0) is 10.0 Å². The van der Waals surface area contributed by atoms with Gasteiger partial charge in [-0.25, -0.2) is 8.42 Å². The second-order valence-electron chi connectivity index (χ2n) is 5.55. The lowest BCUT2D eigenvalue weighted by molar-refractivity contribution is 0.104. The van der Waals surface area contributed by atoms with Crippen molar-refractivity contribution in [3.63, 3.8) is 0 Å². The van der Waals surface area contributed by atoms with E-state index in [2.05, 4.69) is 0 Å². The van der Waals surface area contributed by atoms with E-state index in [0.717, 1.165) is 5.56 Å². The summed E-state index contributed by atoms with van der Waals surface area (Å²) in [5, 5.41) is 8.89. The van der Waals surface area contributed by atoms with Gasteiger partial charge in [-0.15, -0.1) is 0 Å². The first-order valence-electron chi connectivity index (χ1n) is 8.25. The Morgan fingerprint density at radius 2 is 1.77 bits per heavy atom. The molecule has 6 heteroatoms. The normalized spacial score (nSPS) is 11.6. The zero-order valence-electron chi connectivity index (χ0n) is 14.7. The number of benzene rings is 2. The van der Waals surface area contributed by atoms with Gasteiger partial charge in [0.1, 0.15) is 0 Å². The Morgan fingerprint density at radius 3 is 2.35 bits per heavy atom. The number of hydrogen-bond acceptors (Lipinski definition) is 4. The summed E-state index contributed by atoms with van der Waals surface area (Å²) in [6.45, 7) is 4.35. The molecule has 0 bridgehead atoms. The quantitative estimate of drug-likeness (QED) is 0.554. The predicted molar refractivity (Wildman–Crippen MR) is 101 cm³/mol. The molecule has 0 saturated heterocycles. The molecule has 0 aromatic heterocycles. The summed E-state index contributed by atoms with van der Waals surface area (Å²) < 4.78 is 26.3. The van der Waals surface area contributed by atoms with Crippen LogP contribution in [0.4, 0.5) is 0 Å². The van der Waals surface area contributed by atoms with Gasteiger partial charge >= 0.3 is 0 Å². The highest BCUT2D eigenvalue weighted by Crippen LogP contribution is 2.17. The summed E-state index contributed by atoms with van der Waals surface area (Å²) in [6, 6.07) is 14.9. The largest absolute Gasteiger partial charge is 0.289 e. The van der Waals surface area contributed by atoms with E-state index >= 15 is 0 Å². The summed E-state index contributed by atoms with van der Waals surface area (Å²) in [5.74, 6) is -0.237. The smallest absolute Gasteiger partial charge is 0.243 e. The van der Waals surface area contributed by atoms with Gasteiger partial charge in [-0.2, -0.15) is 9.57 Å². The molecule has 0 spiro atoms. The fourth-order valence-corrected chi connectivity index (χ4v) is 3.94. The number of nitriles is 1. The Morgan fingerprint density at radius 1 is 1.12 bits per heavy atom. The monoisotopic (exact) mass is 368 g/mol. The van der Waals surface area contributed by atoms with Gasteiger partial charge in [0.25, 0.3) is 0 Å². The number of rotatable bonds is 7. The van der Waals surface area contributed by atoms with E-state index in [1.807, 2.05) is 6.07 Å². The molecular weight excluding hydrogens is 348 g/mol. The third kappa shape index (κ3) is 4.45. The van der Waals surface area contributed by atoms with Gasteiger partial charge in [0.15, 0.2) is 5.78 Å². The molecule has 26 heavy (non-hydrogen) atoms. The van der Waals surface area contributed by atoms with Crippen LogP contribution in [0.15, 0.2) is 59.5 Å². The third-order valence-corrected chi connectivity index (χ3v) is 5.99. The van der Waals surface area contributed by atoms with Gasteiger partial charge in [-0.3, -0.25) is 4.79 Å². The van der Waals surface area contributed by atoms with Crippen LogP contribution in [0, 0.1) is 11.3 Å². The zero-order valence-corrected chi connectivity index (χ0v) is 15.5.